The number of hydrogen-bond acceptors (Lipinski definition) is 8. The summed E-state index contributed by atoms with van der Waals surface area (Å²) < 4.78 is 10.6. The summed E-state index contributed by atoms with van der Waals surface area (Å²) in [6.07, 6.45) is 4.01. The van der Waals surface area contributed by atoms with Gasteiger partial charge in [-0.05, 0) is 83.9 Å². The first-order valence-electron chi connectivity index (χ1n) is 12.6. The van der Waals surface area contributed by atoms with Gasteiger partial charge in [-0.2, -0.15) is 5.10 Å². The van der Waals surface area contributed by atoms with E-state index in [1.165, 1.54) is 74.0 Å². The SMILES string of the molecule is COc1cc(C=NNC(=O)c2cccc(NC(=O)c3ccc(Cl)cc3Cl)c2)ccc1OC(=O)/C=C/c1ccc([N+](=O)[O-])cc1. The van der Waals surface area contributed by atoms with Crippen LogP contribution in [0.4, 0.5) is 11.4 Å². The normalized spacial score (nSPS) is 10.9. The van der Waals surface area contributed by atoms with Crippen molar-refractivity contribution in [1.29, 1.82) is 0 Å². The van der Waals surface area contributed by atoms with Crippen molar-refractivity contribution < 1.29 is 28.8 Å². The molecule has 0 aliphatic carbocycles. The largest absolute Gasteiger partial charge is 0.493 e. The molecule has 222 valence electrons. The molecule has 0 heterocycles. The number of esters is 1. The van der Waals surface area contributed by atoms with E-state index >= 15 is 0 Å². The fraction of sp³-hybridized carbons (Fsp3) is 0.0323. The minimum absolute atomic E-state index is 0.0610. The van der Waals surface area contributed by atoms with Crippen LogP contribution in [0.5, 0.6) is 11.5 Å². The van der Waals surface area contributed by atoms with Crippen molar-refractivity contribution >= 4 is 64.7 Å². The number of nitro benzene ring substituents is 1. The van der Waals surface area contributed by atoms with E-state index in [0.29, 0.717) is 21.8 Å². The van der Waals surface area contributed by atoms with Crippen LogP contribution in [0.1, 0.15) is 31.8 Å². The number of benzene rings is 4. The minimum Gasteiger partial charge on any atom is -0.493 e. The van der Waals surface area contributed by atoms with Gasteiger partial charge in [-0.3, -0.25) is 19.7 Å². The summed E-state index contributed by atoms with van der Waals surface area (Å²) in [6, 6.07) is 21.1. The van der Waals surface area contributed by atoms with Crippen LogP contribution in [0.3, 0.4) is 0 Å². The van der Waals surface area contributed by atoms with Gasteiger partial charge in [-0.1, -0.05) is 29.3 Å². The van der Waals surface area contributed by atoms with Crippen LogP contribution in [0.2, 0.25) is 10.0 Å². The van der Waals surface area contributed by atoms with E-state index < -0.39 is 22.7 Å². The Morgan fingerprint density at radius 2 is 1.64 bits per heavy atom. The molecule has 13 heteroatoms. The lowest BCUT2D eigenvalue weighted by Gasteiger charge is -2.09. The third-order valence-corrected chi connectivity index (χ3v) is 6.40. The van der Waals surface area contributed by atoms with Gasteiger partial charge in [0.25, 0.3) is 17.5 Å². The van der Waals surface area contributed by atoms with Crippen molar-refractivity contribution in [2.45, 2.75) is 0 Å². The molecule has 0 aliphatic rings. The smallest absolute Gasteiger partial charge is 0.336 e. The zero-order chi connectivity index (χ0) is 31.6. The van der Waals surface area contributed by atoms with Crippen molar-refractivity contribution in [1.82, 2.24) is 5.43 Å². The standard InChI is InChI=1S/C31H22Cl2N4O7/c1-43-28-15-20(7-13-27(28)44-29(38)14-8-19-5-10-24(11-6-19)37(41)42)18-34-36-30(39)21-3-2-4-23(16-21)35-31(40)25-12-9-22(32)17-26(25)33/h2-18H,1H3,(H,35,40)(H,36,39)/b14-8+,34-18?. The van der Waals surface area contributed by atoms with Crippen molar-refractivity contribution in [3.8, 4) is 11.5 Å². The minimum atomic E-state index is -0.690. The third kappa shape index (κ3) is 8.51. The fourth-order valence-electron chi connectivity index (χ4n) is 3.70. The highest BCUT2D eigenvalue weighted by atomic mass is 35.5. The number of hydrogen-bond donors (Lipinski definition) is 2. The van der Waals surface area contributed by atoms with E-state index in [9.17, 15) is 24.5 Å². The quantitative estimate of drug-likeness (QED) is 0.0503. The lowest BCUT2D eigenvalue weighted by Crippen LogP contribution is -2.18. The number of amides is 2. The summed E-state index contributed by atoms with van der Waals surface area (Å²) in [5.74, 6) is -1.30. The van der Waals surface area contributed by atoms with E-state index in [4.69, 9.17) is 32.7 Å². The Balaban J connectivity index is 1.34. The summed E-state index contributed by atoms with van der Waals surface area (Å²) in [6.45, 7) is 0. The lowest BCUT2D eigenvalue weighted by molar-refractivity contribution is -0.384. The van der Waals surface area contributed by atoms with Gasteiger partial charge in [0.2, 0.25) is 0 Å². The molecule has 0 saturated carbocycles. The second kappa shape index (κ2) is 14.6. The van der Waals surface area contributed by atoms with Gasteiger partial charge in [-0.15, -0.1) is 0 Å². The van der Waals surface area contributed by atoms with Crippen molar-refractivity contribution in [3.05, 3.63) is 133 Å². The number of nitrogens with one attached hydrogen (secondary N) is 2. The van der Waals surface area contributed by atoms with E-state index in [0.717, 1.165) is 0 Å². The highest BCUT2D eigenvalue weighted by Gasteiger charge is 2.13. The predicted octanol–water partition coefficient (Wildman–Crippen LogP) is 6.55. The number of non-ortho nitro benzene ring substituents is 1. The fourth-order valence-corrected chi connectivity index (χ4v) is 4.20. The van der Waals surface area contributed by atoms with Crippen LogP contribution in [-0.4, -0.2) is 36.0 Å². The molecule has 0 atom stereocenters. The Morgan fingerprint density at radius 1 is 0.886 bits per heavy atom. The van der Waals surface area contributed by atoms with Crippen molar-refractivity contribution in [3.63, 3.8) is 0 Å². The van der Waals surface area contributed by atoms with E-state index in [1.807, 2.05) is 0 Å². The van der Waals surface area contributed by atoms with Crippen LogP contribution in [-0.2, 0) is 4.79 Å². The maximum atomic E-state index is 12.7. The molecule has 11 nitrogen and oxygen atoms in total. The molecule has 4 aromatic carbocycles. The number of carbonyl (C=O) groups is 3. The number of nitro groups is 1. The maximum Gasteiger partial charge on any atom is 0.336 e. The monoisotopic (exact) mass is 632 g/mol. The summed E-state index contributed by atoms with van der Waals surface area (Å²) in [5.41, 5.74) is 4.30. The Bertz CT molecular complexity index is 1790. The first-order chi connectivity index (χ1) is 21.1. The summed E-state index contributed by atoms with van der Waals surface area (Å²) >= 11 is 12.0. The molecular formula is C31H22Cl2N4O7. The molecular weight excluding hydrogens is 611 g/mol. The highest BCUT2D eigenvalue weighted by molar-refractivity contribution is 6.37. The molecule has 0 spiro atoms. The van der Waals surface area contributed by atoms with Crippen LogP contribution < -0.4 is 20.2 Å². The van der Waals surface area contributed by atoms with Gasteiger partial charge in [-0.25, -0.2) is 10.2 Å². The topological polar surface area (TPSA) is 149 Å². The highest BCUT2D eigenvalue weighted by Crippen LogP contribution is 2.28. The lowest BCUT2D eigenvalue weighted by atomic mass is 10.1. The zero-order valence-corrected chi connectivity index (χ0v) is 24.3. The van der Waals surface area contributed by atoms with Gasteiger partial charge >= 0.3 is 5.97 Å². The second-order valence-electron chi connectivity index (χ2n) is 8.87. The zero-order valence-electron chi connectivity index (χ0n) is 22.8. The van der Waals surface area contributed by atoms with Gasteiger partial charge in [0.15, 0.2) is 11.5 Å². The summed E-state index contributed by atoms with van der Waals surface area (Å²) in [7, 11) is 1.40. The summed E-state index contributed by atoms with van der Waals surface area (Å²) in [5, 5.41) is 18.0. The van der Waals surface area contributed by atoms with Gasteiger partial charge in [0, 0.05) is 34.5 Å². The molecule has 0 aromatic heterocycles. The van der Waals surface area contributed by atoms with Crippen LogP contribution >= 0.6 is 23.2 Å². The van der Waals surface area contributed by atoms with Gasteiger partial charge in [0.1, 0.15) is 0 Å². The molecule has 0 fully saturated rings. The average molecular weight is 633 g/mol. The van der Waals surface area contributed by atoms with Crippen LogP contribution in [0.25, 0.3) is 6.08 Å². The van der Waals surface area contributed by atoms with Gasteiger partial charge < -0.3 is 14.8 Å². The molecule has 0 bridgehead atoms. The average Bonchev–Trinajstić information content (AvgIpc) is 3.00. The van der Waals surface area contributed by atoms with Crippen LogP contribution in [0, 0.1) is 10.1 Å². The number of halogens is 2. The van der Waals surface area contributed by atoms with Crippen molar-refractivity contribution in [2.24, 2.45) is 5.10 Å². The number of nitrogens with zero attached hydrogens (tertiary/aromatic N) is 2. The molecule has 0 aliphatic heterocycles. The van der Waals surface area contributed by atoms with Gasteiger partial charge in [0.05, 0.1) is 28.8 Å². The Kier molecular flexibility index (Phi) is 10.4. The number of ether oxygens (including phenoxy) is 2. The molecule has 0 radical (unpaired) electrons. The first kappa shape index (κ1) is 31.4. The molecule has 2 amide bonds. The number of hydrazone groups is 1. The van der Waals surface area contributed by atoms with E-state index in [1.54, 1.807) is 36.4 Å². The van der Waals surface area contributed by atoms with Crippen LogP contribution in [0.15, 0.2) is 96.1 Å². The number of methoxy groups -OCH3 is 1. The number of carbonyl (C=O) groups excluding carboxylic acids is 3. The third-order valence-electron chi connectivity index (χ3n) is 5.85. The molecule has 0 saturated heterocycles. The second-order valence-corrected chi connectivity index (χ2v) is 9.72. The van der Waals surface area contributed by atoms with Crippen molar-refractivity contribution in [2.75, 3.05) is 12.4 Å². The number of rotatable bonds is 10. The summed E-state index contributed by atoms with van der Waals surface area (Å²) in [4.78, 5) is 47.8. The molecule has 4 aromatic rings. The number of anilines is 1. The molecule has 4 rings (SSSR count). The van der Waals surface area contributed by atoms with E-state index in [2.05, 4.69) is 15.8 Å². The molecule has 2 N–H and O–H groups in total. The first-order valence-corrected chi connectivity index (χ1v) is 13.4. The van der Waals surface area contributed by atoms with E-state index in [-0.39, 0.29) is 33.3 Å². The molecule has 44 heavy (non-hydrogen) atoms. The predicted molar refractivity (Wildman–Crippen MR) is 167 cm³/mol. The molecule has 0 unspecified atom stereocenters. The maximum absolute atomic E-state index is 12.7. The Morgan fingerprint density at radius 3 is 2.34 bits per heavy atom. The Hall–Kier alpha value is -5.52. The Labute approximate surface area is 260 Å².